The maximum atomic E-state index is 12.7. The number of fused-ring (bicyclic) bond motifs is 2. The second-order valence-electron chi connectivity index (χ2n) is 7.58. The smallest absolute Gasteiger partial charge is 0.261 e. The molecule has 32 heavy (non-hydrogen) atoms. The van der Waals surface area contributed by atoms with Crippen molar-refractivity contribution in [3.05, 3.63) is 70.3 Å². The van der Waals surface area contributed by atoms with E-state index in [4.69, 9.17) is 4.74 Å². The van der Waals surface area contributed by atoms with Crippen LogP contribution < -0.4 is 15.6 Å². The highest BCUT2D eigenvalue weighted by Gasteiger charge is 2.26. The SMILES string of the molecule is COc1ccc2c(c1)CCN(S(=O)(=O)CCNC(=O)Cn1cnc3ccccc3c1=O)C2. The highest BCUT2D eigenvalue weighted by Crippen LogP contribution is 2.25. The molecule has 4 rings (SSSR count). The van der Waals surface area contributed by atoms with Gasteiger partial charge in [-0.25, -0.2) is 13.4 Å². The van der Waals surface area contributed by atoms with Crippen molar-refractivity contribution in [3.63, 3.8) is 0 Å². The van der Waals surface area contributed by atoms with Gasteiger partial charge in [-0.15, -0.1) is 0 Å². The molecule has 2 aromatic carbocycles. The summed E-state index contributed by atoms with van der Waals surface area (Å²) in [7, 11) is -1.94. The van der Waals surface area contributed by atoms with Crippen LogP contribution in [0.25, 0.3) is 10.9 Å². The number of hydrogen-bond acceptors (Lipinski definition) is 6. The predicted octanol–water partition coefficient (Wildman–Crippen LogP) is 0.909. The number of aromatic nitrogens is 2. The number of ether oxygens (including phenoxy) is 1. The first kappa shape index (κ1) is 22.0. The maximum absolute atomic E-state index is 12.7. The largest absolute Gasteiger partial charge is 0.497 e. The van der Waals surface area contributed by atoms with Crippen LogP contribution in [0.2, 0.25) is 0 Å². The summed E-state index contributed by atoms with van der Waals surface area (Å²) >= 11 is 0. The van der Waals surface area contributed by atoms with E-state index in [1.54, 1.807) is 31.4 Å². The van der Waals surface area contributed by atoms with Gasteiger partial charge in [0.15, 0.2) is 0 Å². The highest BCUT2D eigenvalue weighted by atomic mass is 32.2. The predicted molar refractivity (Wildman–Crippen MR) is 120 cm³/mol. The summed E-state index contributed by atoms with van der Waals surface area (Å²) in [6.45, 7) is 0.418. The monoisotopic (exact) mass is 456 g/mol. The van der Waals surface area contributed by atoms with Crippen molar-refractivity contribution >= 4 is 26.8 Å². The molecule has 0 saturated heterocycles. The van der Waals surface area contributed by atoms with Crippen LogP contribution in [0.15, 0.2) is 53.6 Å². The first-order valence-corrected chi connectivity index (χ1v) is 11.8. The van der Waals surface area contributed by atoms with E-state index in [0.717, 1.165) is 16.9 Å². The Morgan fingerprint density at radius 2 is 2.00 bits per heavy atom. The number of amides is 1. The Bertz CT molecular complexity index is 1320. The molecule has 1 aromatic heterocycles. The third-order valence-corrected chi connectivity index (χ3v) is 7.33. The fourth-order valence-electron chi connectivity index (χ4n) is 3.75. The Morgan fingerprint density at radius 1 is 1.19 bits per heavy atom. The number of nitrogens with one attached hydrogen (secondary N) is 1. The molecule has 0 aliphatic carbocycles. The zero-order valence-electron chi connectivity index (χ0n) is 17.7. The quantitative estimate of drug-likeness (QED) is 0.566. The van der Waals surface area contributed by atoms with E-state index < -0.39 is 15.9 Å². The summed E-state index contributed by atoms with van der Waals surface area (Å²) in [6.07, 6.45) is 1.93. The molecule has 168 valence electrons. The molecule has 2 heterocycles. The zero-order chi connectivity index (χ0) is 22.7. The van der Waals surface area contributed by atoms with Gasteiger partial charge < -0.3 is 10.1 Å². The third kappa shape index (κ3) is 4.66. The van der Waals surface area contributed by atoms with E-state index in [1.165, 1.54) is 15.2 Å². The molecule has 9 nitrogen and oxygen atoms in total. The molecule has 1 aliphatic heterocycles. The van der Waals surface area contributed by atoms with Crippen LogP contribution >= 0.6 is 0 Å². The fourth-order valence-corrected chi connectivity index (χ4v) is 5.07. The van der Waals surface area contributed by atoms with Gasteiger partial charge in [-0.2, -0.15) is 4.31 Å². The van der Waals surface area contributed by atoms with Crippen LogP contribution in [-0.4, -0.2) is 54.1 Å². The molecule has 0 fully saturated rings. The first-order chi connectivity index (χ1) is 15.4. The average Bonchev–Trinajstić information content (AvgIpc) is 2.80. The van der Waals surface area contributed by atoms with Crippen molar-refractivity contribution in [2.75, 3.05) is 26.0 Å². The number of rotatable bonds is 7. The molecule has 1 N–H and O–H groups in total. The minimum absolute atomic E-state index is 0.0388. The summed E-state index contributed by atoms with van der Waals surface area (Å²) < 4.78 is 33.4. The second kappa shape index (κ2) is 9.09. The number of carbonyl (C=O) groups is 1. The lowest BCUT2D eigenvalue weighted by Crippen LogP contribution is -2.41. The molecule has 1 aliphatic rings. The first-order valence-electron chi connectivity index (χ1n) is 10.2. The Labute approximate surface area is 185 Å². The van der Waals surface area contributed by atoms with Crippen molar-refractivity contribution in [1.29, 1.82) is 0 Å². The summed E-state index contributed by atoms with van der Waals surface area (Å²) in [6, 6.07) is 12.5. The van der Waals surface area contributed by atoms with E-state index in [9.17, 15) is 18.0 Å². The van der Waals surface area contributed by atoms with Crippen molar-refractivity contribution in [2.24, 2.45) is 0 Å². The van der Waals surface area contributed by atoms with Gasteiger partial charge in [0.1, 0.15) is 12.3 Å². The summed E-state index contributed by atoms with van der Waals surface area (Å²) in [5.41, 5.74) is 2.27. The normalized spacial score (nSPS) is 14.2. The lowest BCUT2D eigenvalue weighted by atomic mass is 10.0. The van der Waals surface area contributed by atoms with Crippen LogP contribution in [0.3, 0.4) is 0 Å². The van der Waals surface area contributed by atoms with E-state index >= 15 is 0 Å². The number of carbonyl (C=O) groups excluding carboxylic acids is 1. The van der Waals surface area contributed by atoms with Gasteiger partial charge in [0.2, 0.25) is 15.9 Å². The molecule has 10 heteroatoms. The molecule has 0 unspecified atom stereocenters. The van der Waals surface area contributed by atoms with Gasteiger partial charge in [0, 0.05) is 19.6 Å². The van der Waals surface area contributed by atoms with E-state index in [2.05, 4.69) is 10.3 Å². The van der Waals surface area contributed by atoms with Crippen LogP contribution in [0.4, 0.5) is 0 Å². The van der Waals surface area contributed by atoms with Gasteiger partial charge in [0.05, 0.1) is 30.1 Å². The lowest BCUT2D eigenvalue weighted by molar-refractivity contribution is -0.121. The molecular formula is C22H24N4O5S. The molecule has 0 radical (unpaired) electrons. The average molecular weight is 457 g/mol. The topological polar surface area (TPSA) is 111 Å². The highest BCUT2D eigenvalue weighted by molar-refractivity contribution is 7.89. The van der Waals surface area contributed by atoms with Gasteiger partial charge in [0.25, 0.3) is 5.56 Å². The van der Waals surface area contributed by atoms with Crippen LogP contribution in [-0.2, 0) is 34.3 Å². The lowest BCUT2D eigenvalue weighted by Gasteiger charge is -2.28. The van der Waals surface area contributed by atoms with Crippen LogP contribution in [0.5, 0.6) is 5.75 Å². The summed E-state index contributed by atoms with van der Waals surface area (Å²) in [5, 5.41) is 3.01. The number of para-hydroxylation sites is 1. The number of sulfonamides is 1. The third-order valence-electron chi connectivity index (χ3n) is 5.51. The molecule has 0 saturated carbocycles. The van der Waals surface area contributed by atoms with E-state index in [1.807, 2.05) is 18.2 Å². The number of hydrogen-bond donors (Lipinski definition) is 1. The Kier molecular flexibility index (Phi) is 6.24. The van der Waals surface area contributed by atoms with Crippen molar-refractivity contribution in [2.45, 2.75) is 19.5 Å². The molecule has 0 bridgehead atoms. The van der Waals surface area contributed by atoms with Gasteiger partial charge in [-0.05, 0) is 41.8 Å². The summed E-state index contributed by atoms with van der Waals surface area (Å²) in [5.74, 6) is 0.0914. The van der Waals surface area contributed by atoms with Gasteiger partial charge in [-0.1, -0.05) is 18.2 Å². The second-order valence-corrected chi connectivity index (χ2v) is 9.67. The minimum atomic E-state index is -3.54. The Balaban J connectivity index is 1.33. The zero-order valence-corrected chi connectivity index (χ0v) is 18.5. The van der Waals surface area contributed by atoms with Gasteiger partial charge in [-0.3, -0.25) is 14.2 Å². The van der Waals surface area contributed by atoms with E-state index in [-0.39, 0.29) is 24.4 Å². The molecule has 0 atom stereocenters. The van der Waals surface area contributed by atoms with E-state index in [0.29, 0.717) is 30.4 Å². The minimum Gasteiger partial charge on any atom is -0.497 e. The summed E-state index contributed by atoms with van der Waals surface area (Å²) in [4.78, 5) is 28.9. The Morgan fingerprint density at radius 3 is 2.81 bits per heavy atom. The number of methoxy groups -OCH3 is 1. The molecule has 1 amide bonds. The molecular weight excluding hydrogens is 432 g/mol. The van der Waals surface area contributed by atoms with Crippen molar-refractivity contribution in [1.82, 2.24) is 19.2 Å². The maximum Gasteiger partial charge on any atom is 0.261 e. The molecule has 0 spiro atoms. The van der Waals surface area contributed by atoms with Gasteiger partial charge >= 0.3 is 0 Å². The van der Waals surface area contributed by atoms with Crippen LogP contribution in [0.1, 0.15) is 11.1 Å². The van der Waals surface area contributed by atoms with Crippen molar-refractivity contribution < 1.29 is 17.9 Å². The standard InChI is InChI=1S/C22H24N4O5S/c1-31-18-7-6-17-13-26(10-8-16(17)12-18)32(29,30)11-9-23-21(27)14-25-15-24-20-5-3-2-4-19(20)22(25)28/h2-7,12,15H,8-11,13-14H2,1H3,(H,23,27). The fraction of sp³-hybridized carbons (Fsp3) is 0.318. The number of benzene rings is 2. The molecule has 3 aromatic rings. The van der Waals surface area contributed by atoms with Crippen molar-refractivity contribution in [3.8, 4) is 5.75 Å². The Hall–Kier alpha value is -3.24. The number of nitrogens with zero attached hydrogens (tertiary/aromatic N) is 3. The van der Waals surface area contributed by atoms with Crippen LogP contribution in [0, 0.1) is 0 Å².